The van der Waals surface area contributed by atoms with Gasteiger partial charge in [0, 0.05) is 18.8 Å². The minimum Gasteiger partial charge on any atom is -0.309 e. The van der Waals surface area contributed by atoms with Gasteiger partial charge in [-0.3, -0.25) is 4.68 Å². The lowest BCUT2D eigenvalue weighted by Crippen LogP contribution is -2.18. The maximum absolute atomic E-state index is 4.24. The number of hydrogen-bond donors (Lipinski definition) is 1. The summed E-state index contributed by atoms with van der Waals surface area (Å²) in [5.41, 5.74) is 3.93. The number of hydrogen-bond acceptors (Lipinski definition) is 2. The van der Waals surface area contributed by atoms with E-state index in [4.69, 9.17) is 0 Å². The first-order valence-electron chi connectivity index (χ1n) is 5.99. The predicted molar refractivity (Wildman–Crippen MR) is 69.9 cm³/mol. The highest BCUT2D eigenvalue weighted by molar-refractivity contribution is 5.36. The number of aryl methyl sites for hydroxylation is 2. The average molecular weight is 229 g/mol. The molecule has 0 aliphatic carbocycles. The number of aromatic nitrogens is 2. The Labute approximate surface area is 102 Å². The summed E-state index contributed by atoms with van der Waals surface area (Å²) in [6.45, 7) is 2.19. The average Bonchev–Trinajstić information content (AvgIpc) is 2.77. The summed E-state index contributed by atoms with van der Waals surface area (Å²) in [5, 5.41) is 7.61. The quantitative estimate of drug-likeness (QED) is 0.871. The molecule has 3 heteroatoms. The summed E-state index contributed by atoms with van der Waals surface area (Å²) in [6, 6.07) is 8.79. The second-order valence-corrected chi connectivity index (χ2v) is 4.22. The number of nitrogens with zero attached hydrogens (tertiary/aromatic N) is 2. The van der Waals surface area contributed by atoms with Gasteiger partial charge >= 0.3 is 0 Å². The summed E-state index contributed by atoms with van der Waals surface area (Å²) < 4.78 is 1.84. The van der Waals surface area contributed by atoms with E-state index in [1.807, 2.05) is 25.0 Å². The molecule has 1 heterocycles. The highest BCUT2D eigenvalue weighted by atomic mass is 15.2. The van der Waals surface area contributed by atoms with E-state index in [2.05, 4.69) is 47.8 Å². The maximum atomic E-state index is 4.24. The largest absolute Gasteiger partial charge is 0.309 e. The first-order chi connectivity index (χ1) is 8.26. The molecule has 0 bridgehead atoms. The highest BCUT2D eigenvalue weighted by Crippen LogP contribution is 2.24. The van der Waals surface area contributed by atoms with Crippen LogP contribution in [0.3, 0.4) is 0 Å². The van der Waals surface area contributed by atoms with Gasteiger partial charge < -0.3 is 5.32 Å². The van der Waals surface area contributed by atoms with Crippen LogP contribution in [0.25, 0.3) is 0 Å². The minimum absolute atomic E-state index is 0.222. The summed E-state index contributed by atoms with van der Waals surface area (Å²) in [5.74, 6) is 0. The molecular formula is C14H19N3. The fourth-order valence-corrected chi connectivity index (χ4v) is 2.23. The monoisotopic (exact) mass is 229 g/mol. The van der Waals surface area contributed by atoms with Crippen molar-refractivity contribution >= 4 is 0 Å². The molecule has 0 fully saturated rings. The first kappa shape index (κ1) is 11.9. The zero-order valence-electron chi connectivity index (χ0n) is 10.6. The van der Waals surface area contributed by atoms with Crippen LogP contribution < -0.4 is 5.32 Å². The van der Waals surface area contributed by atoms with Crippen molar-refractivity contribution in [3.63, 3.8) is 0 Å². The third kappa shape index (κ3) is 2.39. The second-order valence-electron chi connectivity index (χ2n) is 4.22. The molecule has 2 rings (SSSR count). The van der Waals surface area contributed by atoms with Crippen molar-refractivity contribution in [2.45, 2.75) is 19.4 Å². The molecule has 0 aliphatic heterocycles. The second kappa shape index (κ2) is 5.15. The molecule has 0 amide bonds. The summed E-state index contributed by atoms with van der Waals surface area (Å²) in [4.78, 5) is 0. The first-order valence-corrected chi connectivity index (χ1v) is 5.99. The van der Waals surface area contributed by atoms with Crippen molar-refractivity contribution in [1.82, 2.24) is 15.1 Å². The Morgan fingerprint density at radius 2 is 2.12 bits per heavy atom. The number of rotatable bonds is 4. The van der Waals surface area contributed by atoms with Gasteiger partial charge in [0.2, 0.25) is 0 Å². The van der Waals surface area contributed by atoms with Crippen LogP contribution in [-0.4, -0.2) is 16.8 Å². The lowest BCUT2D eigenvalue weighted by Gasteiger charge is -2.18. The number of benzene rings is 1. The Morgan fingerprint density at radius 3 is 2.71 bits per heavy atom. The molecule has 1 aromatic heterocycles. The molecule has 0 saturated carbocycles. The van der Waals surface area contributed by atoms with Gasteiger partial charge in [0.25, 0.3) is 0 Å². The van der Waals surface area contributed by atoms with E-state index in [-0.39, 0.29) is 6.04 Å². The van der Waals surface area contributed by atoms with Gasteiger partial charge in [-0.25, -0.2) is 0 Å². The molecule has 3 nitrogen and oxygen atoms in total. The zero-order chi connectivity index (χ0) is 12.3. The van der Waals surface area contributed by atoms with Crippen molar-refractivity contribution in [2.75, 3.05) is 7.05 Å². The van der Waals surface area contributed by atoms with Gasteiger partial charge in [0.05, 0.1) is 12.2 Å². The third-order valence-corrected chi connectivity index (χ3v) is 3.09. The molecule has 0 saturated heterocycles. The molecule has 1 unspecified atom stereocenters. The molecule has 1 aromatic carbocycles. The summed E-state index contributed by atoms with van der Waals surface area (Å²) >= 11 is 0. The maximum Gasteiger partial charge on any atom is 0.0608 e. The Morgan fingerprint density at radius 1 is 1.35 bits per heavy atom. The lowest BCUT2D eigenvalue weighted by atomic mass is 9.95. The van der Waals surface area contributed by atoms with Crippen LogP contribution in [0.5, 0.6) is 0 Å². The van der Waals surface area contributed by atoms with Crippen molar-refractivity contribution in [3.05, 3.63) is 53.3 Å². The standard InChI is InChI=1S/C14H19N3/c1-4-11-7-5-6-8-13(11)14(15-2)12-9-16-17(3)10-12/h5-10,14-15H,4H2,1-3H3. The molecule has 17 heavy (non-hydrogen) atoms. The van der Waals surface area contributed by atoms with Crippen LogP contribution in [0.2, 0.25) is 0 Å². The molecule has 0 aliphatic rings. The SMILES string of the molecule is CCc1ccccc1C(NC)c1cnn(C)c1. The van der Waals surface area contributed by atoms with Gasteiger partial charge in [-0.05, 0) is 24.6 Å². The van der Waals surface area contributed by atoms with Crippen LogP contribution in [0, 0.1) is 0 Å². The third-order valence-electron chi connectivity index (χ3n) is 3.09. The summed E-state index contributed by atoms with van der Waals surface area (Å²) in [6.07, 6.45) is 5.04. The lowest BCUT2D eigenvalue weighted by molar-refractivity contribution is 0.682. The van der Waals surface area contributed by atoms with E-state index in [1.54, 1.807) is 0 Å². The van der Waals surface area contributed by atoms with Crippen LogP contribution in [-0.2, 0) is 13.5 Å². The topological polar surface area (TPSA) is 29.9 Å². The van der Waals surface area contributed by atoms with Gasteiger partial charge in [-0.1, -0.05) is 31.2 Å². The van der Waals surface area contributed by atoms with Crippen LogP contribution in [0.15, 0.2) is 36.7 Å². The van der Waals surface area contributed by atoms with E-state index < -0.39 is 0 Å². The number of nitrogens with one attached hydrogen (secondary N) is 1. The summed E-state index contributed by atoms with van der Waals surface area (Å²) in [7, 11) is 3.94. The molecule has 2 aromatic rings. The van der Waals surface area contributed by atoms with E-state index in [1.165, 1.54) is 16.7 Å². The zero-order valence-corrected chi connectivity index (χ0v) is 10.6. The molecule has 1 atom stereocenters. The Hall–Kier alpha value is -1.61. The van der Waals surface area contributed by atoms with E-state index in [0.717, 1.165) is 6.42 Å². The molecule has 90 valence electrons. The molecular weight excluding hydrogens is 210 g/mol. The highest BCUT2D eigenvalue weighted by Gasteiger charge is 2.15. The van der Waals surface area contributed by atoms with Gasteiger partial charge in [0.15, 0.2) is 0 Å². The van der Waals surface area contributed by atoms with E-state index in [0.29, 0.717) is 0 Å². The molecule has 1 N–H and O–H groups in total. The van der Waals surface area contributed by atoms with Crippen molar-refractivity contribution < 1.29 is 0 Å². The van der Waals surface area contributed by atoms with Crippen molar-refractivity contribution in [3.8, 4) is 0 Å². The van der Waals surface area contributed by atoms with E-state index >= 15 is 0 Å². The fraction of sp³-hybridized carbons (Fsp3) is 0.357. The van der Waals surface area contributed by atoms with Crippen molar-refractivity contribution in [1.29, 1.82) is 0 Å². The fourth-order valence-electron chi connectivity index (χ4n) is 2.23. The smallest absolute Gasteiger partial charge is 0.0608 e. The Bertz CT molecular complexity index is 488. The minimum atomic E-state index is 0.222. The molecule has 0 radical (unpaired) electrons. The van der Waals surface area contributed by atoms with Crippen LogP contribution in [0.1, 0.15) is 29.7 Å². The van der Waals surface area contributed by atoms with Crippen molar-refractivity contribution in [2.24, 2.45) is 7.05 Å². The van der Waals surface area contributed by atoms with Gasteiger partial charge in [-0.15, -0.1) is 0 Å². The van der Waals surface area contributed by atoms with E-state index in [9.17, 15) is 0 Å². The Balaban J connectivity index is 2.41. The van der Waals surface area contributed by atoms with Crippen LogP contribution in [0.4, 0.5) is 0 Å². The Kier molecular flexibility index (Phi) is 3.59. The molecule has 0 spiro atoms. The predicted octanol–water partition coefficient (Wildman–Crippen LogP) is 2.29. The van der Waals surface area contributed by atoms with Gasteiger partial charge in [-0.2, -0.15) is 5.10 Å². The normalized spacial score (nSPS) is 12.6. The van der Waals surface area contributed by atoms with Crippen LogP contribution >= 0.6 is 0 Å². The van der Waals surface area contributed by atoms with Gasteiger partial charge in [0.1, 0.15) is 0 Å².